The van der Waals surface area contributed by atoms with E-state index in [1.807, 2.05) is 30.1 Å². The van der Waals surface area contributed by atoms with Crippen molar-refractivity contribution in [2.24, 2.45) is 0 Å². The molecule has 0 spiro atoms. The van der Waals surface area contributed by atoms with Crippen molar-refractivity contribution in [3.63, 3.8) is 0 Å². The third-order valence-corrected chi connectivity index (χ3v) is 3.06. The lowest BCUT2D eigenvalue weighted by Crippen LogP contribution is -2.32. The van der Waals surface area contributed by atoms with Crippen molar-refractivity contribution < 1.29 is 0 Å². The van der Waals surface area contributed by atoms with E-state index in [0.717, 1.165) is 0 Å². The van der Waals surface area contributed by atoms with Crippen LogP contribution >= 0.6 is 0 Å². The van der Waals surface area contributed by atoms with Crippen LogP contribution in [-0.2, 0) is 0 Å². The minimum atomic E-state index is -0.204. The van der Waals surface area contributed by atoms with Crippen LogP contribution in [0.4, 0.5) is 0 Å². The van der Waals surface area contributed by atoms with Gasteiger partial charge in [-0.05, 0) is 26.0 Å². The van der Waals surface area contributed by atoms with Crippen molar-refractivity contribution in [1.82, 2.24) is 4.90 Å². The van der Waals surface area contributed by atoms with Crippen LogP contribution in [0.5, 0.6) is 0 Å². The molecule has 0 aliphatic rings. The number of nitrogens with zero attached hydrogens (tertiary/aromatic N) is 3. The van der Waals surface area contributed by atoms with Gasteiger partial charge in [0.25, 0.3) is 0 Å². The summed E-state index contributed by atoms with van der Waals surface area (Å²) >= 11 is 0. The molecule has 0 aliphatic heterocycles. The van der Waals surface area contributed by atoms with Crippen molar-refractivity contribution in [3.05, 3.63) is 35.9 Å². The first-order chi connectivity index (χ1) is 8.20. The third kappa shape index (κ3) is 3.59. The Morgan fingerprint density at radius 3 is 2.41 bits per heavy atom. The zero-order chi connectivity index (χ0) is 12.7. The van der Waals surface area contributed by atoms with Crippen LogP contribution < -0.4 is 0 Å². The smallest absolute Gasteiger partial charge is 0.0990 e. The van der Waals surface area contributed by atoms with Crippen LogP contribution in [0.15, 0.2) is 30.3 Å². The van der Waals surface area contributed by atoms with Gasteiger partial charge in [-0.3, -0.25) is 4.90 Å². The summed E-state index contributed by atoms with van der Waals surface area (Å²) in [6.07, 6.45) is 1.02. The molecule has 88 valence electrons. The molecule has 0 fully saturated rings. The standard InChI is InChI=1S/C14H17N3/c1-12(13-7-4-3-5-8-13)17(2)14(11-16)9-6-10-15/h3-5,7-8,12,14H,6,9H2,1-2H3/t12-,14-/m0/s1. The van der Waals surface area contributed by atoms with E-state index >= 15 is 0 Å². The van der Waals surface area contributed by atoms with Crippen molar-refractivity contribution in [2.75, 3.05) is 7.05 Å². The predicted molar refractivity (Wildman–Crippen MR) is 66.9 cm³/mol. The molecule has 17 heavy (non-hydrogen) atoms. The lowest BCUT2D eigenvalue weighted by molar-refractivity contribution is 0.214. The number of hydrogen-bond donors (Lipinski definition) is 0. The fourth-order valence-corrected chi connectivity index (χ4v) is 1.80. The monoisotopic (exact) mass is 227 g/mol. The Balaban J connectivity index is 2.72. The Kier molecular flexibility index (Phi) is 5.20. The summed E-state index contributed by atoms with van der Waals surface area (Å²) in [5.74, 6) is 0. The highest BCUT2D eigenvalue weighted by atomic mass is 15.2. The maximum absolute atomic E-state index is 9.12. The van der Waals surface area contributed by atoms with Gasteiger partial charge in [-0.25, -0.2) is 0 Å². The van der Waals surface area contributed by atoms with Gasteiger partial charge in [-0.1, -0.05) is 30.3 Å². The highest BCUT2D eigenvalue weighted by Gasteiger charge is 2.20. The maximum atomic E-state index is 9.12. The normalized spacial score (nSPS) is 13.7. The van der Waals surface area contributed by atoms with E-state index in [4.69, 9.17) is 10.5 Å². The molecule has 2 atom stereocenters. The van der Waals surface area contributed by atoms with Crippen LogP contribution in [0.1, 0.15) is 31.4 Å². The van der Waals surface area contributed by atoms with Gasteiger partial charge < -0.3 is 0 Å². The molecule has 3 nitrogen and oxygen atoms in total. The minimum Gasteiger partial charge on any atom is -0.284 e. The molecule has 0 aromatic heterocycles. The Morgan fingerprint density at radius 1 is 1.24 bits per heavy atom. The van der Waals surface area contributed by atoms with Gasteiger partial charge >= 0.3 is 0 Å². The predicted octanol–water partition coefficient (Wildman–Crippen LogP) is 2.88. The van der Waals surface area contributed by atoms with E-state index in [-0.39, 0.29) is 12.1 Å². The van der Waals surface area contributed by atoms with E-state index in [2.05, 4.69) is 31.2 Å². The van der Waals surface area contributed by atoms with Crippen LogP contribution in [-0.4, -0.2) is 18.0 Å². The fourth-order valence-electron chi connectivity index (χ4n) is 1.80. The summed E-state index contributed by atoms with van der Waals surface area (Å²) in [7, 11) is 1.93. The molecular weight excluding hydrogens is 210 g/mol. The summed E-state index contributed by atoms with van der Waals surface area (Å²) in [6, 6.07) is 14.4. The van der Waals surface area contributed by atoms with Gasteiger partial charge in [0.15, 0.2) is 0 Å². The molecule has 1 aromatic carbocycles. The molecule has 3 heteroatoms. The first-order valence-electron chi connectivity index (χ1n) is 5.74. The summed E-state index contributed by atoms with van der Waals surface area (Å²) in [4.78, 5) is 2.02. The average molecular weight is 227 g/mol. The second-order valence-electron chi connectivity index (χ2n) is 4.09. The highest BCUT2D eigenvalue weighted by molar-refractivity contribution is 5.18. The number of benzene rings is 1. The molecule has 0 bridgehead atoms. The Labute approximate surface area is 103 Å². The molecular formula is C14H17N3. The van der Waals surface area contributed by atoms with Gasteiger partial charge in [0, 0.05) is 12.5 Å². The molecule has 0 aliphatic carbocycles. The van der Waals surface area contributed by atoms with Crippen LogP contribution in [0.2, 0.25) is 0 Å². The lowest BCUT2D eigenvalue weighted by atomic mass is 10.0. The lowest BCUT2D eigenvalue weighted by Gasteiger charge is -2.28. The van der Waals surface area contributed by atoms with Gasteiger partial charge in [0.05, 0.1) is 18.2 Å². The van der Waals surface area contributed by atoms with Gasteiger partial charge in [0.2, 0.25) is 0 Å². The summed E-state index contributed by atoms with van der Waals surface area (Å²) in [6.45, 7) is 2.08. The highest BCUT2D eigenvalue weighted by Crippen LogP contribution is 2.21. The molecule has 0 heterocycles. The molecule has 0 saturated carbocycles. The summed E-state index contributed by atoms with van der Waals surface area (Å²) < 4.78 is 0. The second-order valence-corrected chi connectivity index (χ2v) is 4.09. The van der Waals surface area contributed by atoms with Crippen LogP contribution in [0.3, 0.4) is 0 Å². The first-order valence-corrected chi connectivity index (χ1v) is 5.74. The summed E-state index contributed by atoms with van der Waals surface area (Å²) in [5.41, 5.74) is 1.19. The number of rotatable bonds is 5. The average Bonchev–Trinajstić information content (AvgIpc) is 2.39. The number of nitriles is 2. The number of hydrogen-bond acceptors (Lipinski definition) is 3. The SMILES string of the molecule is C[C@@H](c1ccccc1)N(C)[C@H](C#N)CCC#N. The molecule has 1 rings (SSSR count). The molecule has 0 N–H and O–H groups in total. The zero-order valence-corrected chi connectivity index (χ0v) is 10.3. The molecule has 0 saturated heterocycles. The Hall–Kier alpha value is -1.84. The van der Waals surface area contributed by atoms with Gasteiger partial charge in [0.1, 0.15) is 0 Å². The van der Waals surface area contributed by atoms with E-state index in [9.17, 15) is 0 Å². The second kappa shape index (κ2) is 6.68. The molecule has 1 aromatic rings. The Bertz CT molecular complexity index is 413. The zero-order valence-electron chi connectivity index (χ0n) is 10.3. The molecule has 0 amide bonds. The summed E-state index contributed by atoms with van der Waals surface area (Å²) in [5, 5.41) is 17.7. The van der Waals surface area contributed by atoms with E-state index in [1.165, 1.54) is 5.56 Å². The van der Waals surface area contributed by atoms with Crippen molar-refractivity contribution in [2.45, 2.75) is 31.8 Å². The largest absolute Gasteiger partial charge is 0.284 e. The fraction of sp³-hybridized carbons (Fsp3) is 0.429. The molecule has 0 radical (unpaired) electrons. The quantitative estimate of drug-likeness (QED) is 0.777. The van der Waals surface area contributed by atoms with E-state index in [1.54, 1.807) is 0 Å². The first kappa shape index (κ1) is 13.2. The van der Waals surface area contributed by atoms with E-state index in [0.29, 0.717) is 12.8 Å². The van der Waals surface area contributed by atoms with Crippen LogP contribution in [0, 0.1) is 22.7 Å². The van der Waals surface area contributed by atoms with Gasteiger partial charge in [-0.2, -0.15) is 10.5 Å². The molecule has 0 unspecified atom stereocenters. The van der Waals surface area contributed by atoms with Crippen molar-refractivity contribution in [3.8, 4) is 12.1 Å². The van der Waals surface area contributed by atoms with Crippen molar-refractivity contribution >= 4 is 0 Å². The minimum absolute atomic E-state index is 0.180. The topological polar surface area (TPSA) is 50.8 Å². The van der Waals surface area contributed by atoms with Gasteiger partial charge in [-0.15, -0.1) is 0 Å². The Morgan fingerprint density at radius 2 is 1.88 bits per heavy atom. The maximum Gasteiger partial charge on any atom is 0.0990 e. The van der Waals surface area contributed by atoms with E-state index < -0.39 is 0 Å². The van der Waals surface area contributed by atoms with Crippen molar-refractivity contribution in [1.29, 1.82) is 10.5 Å². The van der Waals surface area contributed by atoms with Crippen LogP contribution in [0.25, 0.3) is 0 Å². The third-order valence-electron chi connectivity index (χ3n) is 3.06.